The third kappa shape index (κ3) is 3.61. The number of halogens is 2. The topological polar surface area (TPSA) is 84.9 Å². The van der Waals surface area contributed by atoms with Gasteiger partial charge in [0.1, 0.15) is 0 Å². The Labute approximate surface area is 90.5 Å². The van der Waals surface area contributed by atoms with E-state index in [0.717, 1.165) is 21.0 Å². The number of carboxylic acids is 1. The fraction of sp³-hybridized carbons (Fsp3) is 0.750. The van der Waals surface area contributed by atoms with Crippen molar-refractivity contribution < 1.29 is 33.0 Å². The normalized spacial score (nSPS) is 16.4. The van der Waals surface area contributed by atoms with E-state index in [1.54, 1.807) is 0 Å². The van der Waals surface area contributed by atoms with Crippen LogP contribution in [0.5, 0.6) is 0 Å². The average molecular weight is 241 g/mol. The number of nitrogens with one attached hydrogen (secondary N) is 1. The number of aliphatic carboxylic acids is 1. The van der Waals surface area contributed by atoms with Crippen molar-refractivity contribution in [2.75, 3.05) is 7.11 Å². The zero-order valence-electron chi connectivity index (χ0n) is 8.99. The Morgan fingerprint density at radius 1 is 1.44 bits per heavy atom. The lowest BCUT2D eigenvalue weighted by Crippen LogP contribution is -2.60. The van der Waals surface area contributed by atoms with Gasteiger partial charge < -0.3 is 19.9 Å². The summed E-state index contributed by atoms with van der Waals surface area (Å²) in [5.74, 6) is -1.51. The molecule has 6 nitrogen and oxygen atoms in total. The summed E-state index contributed by atoms with van der Waals surface area (Å²) in [6, 6.07) is 0. The number of carbonyl (C=O) groups is 2. The average Bonchev–Trinajstić information content (AvgIpc) is 2.15. The number of hydrogen-bond acceptors (Lipinski definition) is 4. The molecule has 0 spiro atoms. The van der Waals surface area contributed by atoms with Gasteiger partial charge in [-0.1, -0.05) is 0 Å². The highest BCUT2D eigenvalue weighted by Gasteiger charge is 2.43. The highest BCUT2D eigenvalue weighted by Crippen LogP contribution is 2.17. The first-order chi connectivity index (χ1) is 7.24. The van der Waals surface area contributed by atoms with Crippen LogP contribution in [0.15, 0.2) is 0 Å². The highest BCUT2D eigenvalue weighted by atomic mass is 19.3. The summed E-state index contributed by atoms with van der Waals surface area (Å²) in [6.45, 7) is -0.983. The SMILES string of the molecule is COC(=O)N[C@](C)(C(=O)O)[C@@H](C)OC(F)F. The van der Waals surface area contributed by atoms with Crippen molar-refractivity contribution in [2.24, 2.45) is 0 Å². The van der Waals surface area contributed by atoms with Crippen LogP contribution in [-0.2, 0) is 14.3 Å². The van der Waals surface area contributed by atoms with E-state index < -0.39 is 30.3 Å². The predicted molar refractivity (Wildman–Crippen MR) is 48.1 cm³/mol. The smallest absolute Gasteiger partial charge is 0.407 e. The van der Waals surface area contributed by atoms with Crippen molar-refractivity contribution in [3.8, 4) is 0 Å². The molecule has 0 aromatic carbocycles. The molecule has 0 heterocycles. The Morgan fingerprint density at radius 2 is 1.94 bits per heavy atom. The molecule has 0 bridgehead atoms. The summed E-state index contributed by atoms with van der Waals surface area (Å²) >= 11 is 0. The van der Waals surface area contributed by atoms with Gasteiger partial charge in [0.25, 0.3) is 0 Å². The van der Waals surface area contributed by atoms with Crippen LogP contribution in [-0.4, -0.2) is 42.5 Å². The van der Waals surface area contributed by atoms with Gasteiger partial charge in [-0.25, -0.2) is 9.59 Å². The second-order valence-corrected chi connectivity index (χ2v) is 3.16. The molecule has 2 atom stereocenters. The largest absolute Gasteiger partial charge is 0.479 e. The lowest BCUT2D eigenvalue weighted by molar-refractivity contribution is -0.186. The molecule has 0 aliphatic rings. The lowest BCUT2D eigenvalue weighted by Gasteiger charge is -2.31. The van der Waals surface area contributed by atoms with Crippen LogP contribution in [0.1, 0.15) is 13.8 Å². The van der Waals surface area contributed by atoms with Crippen molar-refractivity contribution in [3.05, 3.63) is 0 Å². The molecule has 8 heteroatoms. The van der Waals surface area contributed by atoms with Gasteiger partial charge in [-0.15, -0.1) is 0 Å². The number of ether oxygens (including phenoxy) is 2. The first-order valence-corrected chi connectivity index (χ1v) is 4.27. The van der Waals surface area contributed by atoms with E-state index in [4.69, 9.17) is 5.11 Å². The number of alkyl halides is 2. The molecule has 1 amide bonds. The molecular formula is C8H13F2NO5. The minimum absolute atomic E-state index is 1.02. The number of methoxy groups -OCH3 is 1. The maximum atomic E-state index is 11.9. The molecule has 0 radical (unpaired) electrons. The maximum Gasteiger partial charge on any atom is 0.407 e. The quantitative estimate of drug-likeness (QED) is 0.744. The molecule has 0 aromatic heterocycles. The van der Waals surface area contributed by atoms with Crippen LogP contribution in [0.25, 0.3) is 0 Å². The maximum absolute atomic E-state index is 11.9. The first kappa shape index (κ1) is 14.6. The summed E-state index contributed by atoms with van der Waals surface area (Å²) < 4.78 is 32.1. The van der Waals surface area contributed by atoms with Gasteiger partial charge in [0.15, 0.2) is 5.54 Å². The molecular weight excluding hydrogens is 228 g/mol. The minimum Gasteiger partial charge on any atom is -0.479 e. The lowest BCUT2D eigenvalue weighted by atomic mass is 9.96. The fourth-order valence-corrected chi connectivity index (χ4v) is 0.882. The van der Waals surface area contributed by atoms with Crippen LogP contribution < -0.4 is 5.32 Å². The van der Waals surface area contributed by atoms with E-state index in [9.17, 15) is 18.4 Å². The van der Waals surface area contributed by atoms with Gasteiger partial charge in [-0.2, -0.15) is 8.78 Å². The number of amides is 1. The van der Waals surface area contributed by atoms with Gasteiger partial charge in [0.05, 0.1) is 13.2 Å². The molecule has 2 N–H and O–H groups in total. The van der Waals surface area contributed by atoms with Crippen molar-refractivity contribution in [2.45, 2.75) is 32.1 Å². The second-order valence-electron chi connectivity index (χ2n) is 3.16. The minimum atomic E-state index is -3.13. The Balaban J connectivity index is 4.81. The third-order valence-corrected chi connectivity index (χ3v) is 2.11. The van der Waals surface area contributed by atoms with E-state index in [1.807, 2.05) is 5.32 Å². The third-order valence-electron chi connectivity index (χ3n) is 2.11. The highest BCUT2D eigenvalue weighted by molar-refractivity contribution is 5.84. The van der Waals surface area contributed by atoms with Crippen LogP contribution in [0.2, 0.25) is 0 Å². The molecule has 0 rings (SSSR count). The molecule has 0 saturated carbocycles. The molecule has 0 aliphatic heterocycles. The summed E-state index contributed by atoms with van der Waals surface area (Å²) in [5.41, 5.74) is -2.00. The Bertz CT molecular complexity index is 273. The number of hydrogen-bond donors (Lipinski definition) is 2. The first-order valence-electron chi connectivity index (χ1n) is 4.27. The molecule has 16 heavy (non-hydrogen) atoms. The standard InChI is InChI=1S/C8H13F2NO5/c1-4(16-6(9)10)8(2,5(12)13)11-7(14)15-3/h4,6H,1-3H3,(H,11,14)(H,12,13)/t4-,8+/m1/s1. The van der Waals surface area contributed by atoms with Gasteiger partial charge >= 0.3 is 18.7 Å². The van der Waals surface area contributed by atoms with Gasteiger partial charge in [0, 0.05) is 0 Å². The zero-order valence-corrected chi connectivity index (χ0v) is 8.99. The Morgan fingerprint density at radius 3 is 2.25 bits per heavy atom. The second kappa shape index (κ2) is 5.59. The van der Waals surface area contributed by atoms with E-state index >= 15 is 0 Å². The number of carbonyl (C=O) groups excluding carboxylic acids is 1. The predicted octanol–water partition coefficient (Wildman–Crippen LogP) is 0.813. The molecule has 0 aliphatic carbocycles. The van der Waals surface area contributed by atoms with Crippen molar-refractivity contribution >= 4 is 12.1 Å². The van der Waals surface area contributed by atoms with E-state index in [-0.39, 0.29) is 0 Å². The molecule has 0 saturated heterocycles. The summed E-state index contributed by atoms with van der Waals surface area (Å²) in [7, 11) is 1.02. The molecule has 94 valence electrons. The van der Waals surface area contributed by atoms with Gasteiger partial charge in [-0.3, -0.25) is 0 Å². The van der Waals surface area contributed by atoms with Crippen LogP contribution >= 0.6 is 0 Å². The zero-order chi connectivity index (χ0) is 12.9. The summed E-state index contributed by atoms with van der Waals surface area (Å²) in [6.07, 6.45) is -2.47. The number of alkyl carbamates (subject to hydrolysis) is 1. The van der Waals surface area contributed by atoms with Crippen molar-refractivity contribution in [1.29, 1.82) is 0 Å². The fourth-order valence-electron chi connectivity index (χ4n) is 0.882. The monoisotopic (exact) mass is 241 g/mol. The summed E-state index contributed by atoms with van der Waals surface area (Å²) in [4.78, 5) is 21.8. The van der Waals surface area contributed by atoms with Crippen molar-refractivity contribution in [3.63, 3.8) is 0 Å². The number of rotatable bonds is 5. The molecule has 0 fully saturated rings. The Hall–Kier alpha value is -1.44. The van der Waals surface area contributed by atoms with Crippen molar-refractivity contribution in [1.82, 2.24) is 5.32 Å². The van der Waals surface area contributed by atoms with E-state index in [2.05, 4.69) is 9.47 Å². The molecule has 0 unspecified atom stereocenters. The van der Waals surface area contributed by atoms with Crippen LogP contribution in [0.4, 0.5) is 13.6 Å². The van der Waals surface area contributed by atoms with E-state index in [0.29, 0.717) is 0 Å². The van der Waals surface area contributed by atoms with E-state index in [1.165, 1.54) is 0 Å². The number of carboxylic acid groups (broad SMARTS) is 1. The van der Waals surface area contributed by atoms with Gasteiger partial charge in [-0.05, 0) is 13.8 Å². The Kier molecular flexibility index (Phi) is 5.09. The van der Waals surface area contributed by atoms with Gasteiger partial charge in [0.2, 0.25) is 0 Å². The molecule has 0 aromatic rings. The summed E-state index contributed by atoms with van der Waals surface area (Å²) in [5, 5.41) is 10.8. The van der Waals surface area contributed by atoms with Crippen LogP contribution in [0, 0.1) is 0 Å². The van der Waals surface area contributed by atoms with Crippen LogP contribution in [0.3, 0.4) is 0 Å².